The Morgan fingerprint density at radius 2 is 1.93 bits per heavy atom. The second-order valence-electron chi connectivity index (χ2n) is 4.02. The summed E-state index contributed by atoms with van der Waals surface area (Å²) in [5, 5.41) is 9.01. The lowest BCUT2D eigenvalue weighted by molar-refractivity contribution is -0.157. The highest BCUT2D eigenvalue weighted by Gasteiger charge is 2.36. The first kappa shape index (κ1) is 11.7. The molecule has 1 rings (SSSR count). The van der Waals surface area contributed by atoms with Crippen LogP contribution >= 0.6 is 0 Å². The Balaban J connectivity index is 2.56. The van der Waals surface area contributed by atoms with E-state index in [1.165, 1.54) is 6.92 Å². The van der Waals surface area contributed by atoms with Gasteiger partial charge in [-0.1, -0.05) is 6.42 Å². The van der Waals surface area contributed by atoms with Crippen LogP contribution in [0.25, 0.3) is 0 Å². The number of nitrogens with zero attached hydrogens (tertiary/aromatic N) is 1. The quantitative estimate of drug-likeness (QED) is 0.524. The van der Waals surface area contributed by atoms with Crippen LogP contribution in [0.1, 0.15) is 45.4 Å². The molecule has 0 heterocycles. The standard InChI is InChI=1S/C11H15NO3/c1-9(13)7-10(14)15-11(8-12)5-3-2-4-6-11/h2-7H2,1H3. The van der Waals surface area contributed by atoms with Crippen molar-refractivity contribution in [2.75, 3.05) is 0 Å². The second-order valence-corrected chi connectivity index (χ2v) is 4.02. The highest BCUT2D eigenvalue weighted by atomic mass is 16.6. The van der Waals surface area contributed by atoms with E-state index in [2.05, 4.69) is 6.07 Å². The van der Waals surface area contributed by atoms with Crippen molar-refractivity contribution in [2.45, 2.75) is 51.0 Å². The summed E-state index contributed by atoms with van der Waals surface area (Å²) in [4.78, 5) is 22.0. The summed E-state index contributed by atoms with van der Waals surface area (Å²) in [6.45, 7) is 1.33. The molecule has 0 spiro atoms. The van der Waals surface area contributed by atoms with E-state index in [1.54, 1.807) is 0 Å². The Hall–Kier alpha value is -1.37. The van der Waals surface area contributed by atoms with Crippen molar-refractivity contribution in [1.82, 2.24) is 0 Å². The van der Waals surface area contributed by atoms with Crippen molar-refractivity contribution in [3.8, 4) is 6.07 Å². The van der Waals surface area contributed by atoms with Gasteiger partial charge < -0.3 is 4.74 Å². The third-order valence-corrected chi connectivity index (χ3v) is 2.57. The van der Waals surface area contributed by atoms with E-state index in [9.17, 15) is 9.59 Å². The normalized spacial score (nSPS) is 18.9. The number of carbonyl (C=O) groups excluding carboxylic acids is 2. The van der Waals surface area contributed by atoms with Crippen LogP contribution in [-0.4, -0.2) is 17.4 Å². The molecule has 82 valence electrons. The minimum atomic E-state index is -0.967. The Labute approximate surface area is 89.2 Å². The monoisotopic (exact) mass is 209 g/mol. The Kier molecular flexibility index (Phi) is 3.84. The predicted molar refractivity (Wildman–Crippen MR) is 52.8 cm³/mol. The van der Waals surface area contributed by atoms with Crippen LogP contribution in [0.3, 0.4) is 0 Å². The number of hydrogen-bond acceptors (Lipinski definition) is 4. The van der Waals surface area contributed by atoms with Crippen LogP contribution in [-0.2, 0) is 14.3 Å². The molecule has 1 aliphatic rings. The maximum Gasteiger partial charge on any atom is 0.314 e. The maximum absolute atomic E-state index is 11.3. The molecule has 0 aromatic carbocycles. The first-order chi connectivity index (χ1) is 7.08. The number of ketones is 1. The molecule has 0 N–H and O–H groups in total. The minimum absolute atomic E-state index is 0.233. The fourth-order valence-corrected chi connectivity index (χ4v) is 1.82. The van der Waals surface area contributed by atoms with Gasteiger partial charge in [0.1, 0.15) is 18.3 Å². The minimum Gasteiger partial charge on any atom is -0.443 e. The molecule has 0 aliphatic heterocycles. The summed E-state index contributed by atoms with van der Waals surface area (Å²) in [7, 11) is 0. The van der Waals surface area contributed by atoms with Crippen molar-refractivity contribution in [2.24, 2.45) is 0 Å². The summed E-state index contributed by atoms with van der Waals surface area (Å²) in [5.41, 5.74) is -0.967. The van der Waals surface area contributed by atoms with Crippen molar-refractivity contribution in [1.29, 1.82) is 5.26 Å². The SMILES string of the molecule is CC(=O)CC(=O)OC1(C#N)CCCCC1. The fraction of sp³-hybridized carbons (Fsp3) is 0.727. The third kappa shape index (κ3) is 3.35. The molecule has 0 bridgehead atoms. The molecule has 1 fully saturated rings. The van der Waals surface area contributed by atoms with E-state index in [1.807, 2.05) is 0 Å². The lowest BCUT2D eigenvalue weighted by atomic mass is 9.86. The number of nitriles is 1. The molecule has 1 aliphatic carbocycles. The molecule has 0 saturated heterocycles. The molecular formula is C11H15NO3. The smallest absolute Gasteiger partial charge is 0.314 e. The average molecular weight is 209 g/mol. The average Bonchev–Trinajstić information content (AvgIpc) is 2.17. The zero-order valence-electron chi connectivity index (χ0n) is 8.91. The van der Waals surface area contributed by atoms with Crippen LogP contribution in [0.4, 0.5) is 0 Å². The van der Waals surface area contributed by atoms with E-state index in [0.29, 0.717) is 12.8 Å². The molecule has 4 nitrogen and oxygen atoms in total. The van der Waals surface area contributed by atoms with E-state index in [4.69, 9.17) is 10.00 Å². The topological polar surface area (TPSA) is 67.2 Å². The zero-order chi connectivity index (χ0) is 11.3. The molecular weight excluding hydrogens is 194 g/mol. The number of Topliss-reactive ketones (excluding diaryl/α,β-unsaturated/α-hetero) is 1. The first-order valence-electron chi connectivity index (χ1n) is 5.20. The van der Waals surface area contributed by atoms with Crippen LogP contribution in [0.2, 0.25) is 0 Å². The lowest BCUT2D eigenvalue weighted by Crippen LogP contribution is -2.36. The van der Waals surface area contributed by atoms with E-state index < -0.39 is 11.6 Å². The third-order valence-electron chi connectivity index (χ3n) is 2.57. The van der Waals surface area contributed by atoms with Gasteiger partial charge in [0, 0.05) is 12.8 Å². The fourth-order valence-electron chi connectivity index (χ4n) is 1.82. The van der Waals surface area contributed by atoms with Gasteiger partial charge in [-0.3, -0.25) is 9.59 Å². The highest BCUT2D eigenvalue weighted by Crippen LogP contribution is 2.31. The summed E-state index contributed by atoms with van der Waals surface area (Å²) in [6.07, 6.45) is 3.83. The molecule has 0 radical (unpaired) electrons. The summed E-state index contributed by atoms with van der Waals surface area (Å²) in [6, 6.07) is 2.07. The van der Waals surface area contributed by atoms with Gasteiger partial charge >= 0.3 is 5.97 Å². The van der Waals surface area contributed by atoms with E-state index in [0.717, 1.165) is 19.3 Å². The number of carbonyl (C=O) groups is 2. The van der Waals surface area contributed by atoms with Crippen LogP contribution in [0.5, 0.6) is 0 Å². The van der Waals surface area contributed by atoms with Gasteiger partial charge in [0.05, 0.1) is 0 Å². The Morgan fingerprint density at radius 3 is 2.40 bits per heavy atom. The summed E-state index contributed by atoms with van der Waals surface area (Å²) < 4.78 is 5.12. The van der Waals surface area contributed by atoms with Gasteiger partial charge in [0.2, 0.25) is 0 Å². The van der Waals surface area contributed by atoms with Gasteiger partial charge in [-0.15, -0.1) is 0 Å². The van der Waals surface area contributed by atoms with Crippen molar-refractivity contribution in [3.05, 3.63) is 0 Å². The van der Waals surface area contributed by atoms with Gasteiger partial charge in [0.25, 0.3) is 0 Å². The molecule has 1 saturated carbocycles. The van der Waals surface area contributed by atoms with Gasteiger partial charge in [-0.05, 0) is 19.8 Å². The van der Waals surface area contributed by atoms with Crippen molar-refractivity contribution >= 4 is 11.8 Å². The molecule has 0 amide bonds. The Morgan fingerprint density at radius 1 is 1.33 bits per heavy atom. The second kappa shape index (κ2) is 4.92. The zero-order valence-corrected chi connectivity index (χ0v) is 8.91. The van der Waals surface area contributed by atoms with Crippen LogP contribution in [0.15, 0.2) is 0 Å². The first-order valence-corrected chi connectivity index (χ1v) is 5.20. The molecule has 0 atom stereocenters. The molecule has 0 unspecified atom stereocenters. The number of rotatable bonds is 3. The largest absolute Gasteiger partial charge is 0.443 e. The van der Waals surface area contributed by atoms with Gasteiger partial charge in [-0.2, -0.15) is 5.26 Å². The molecule has 15 heavy (non-hydrogen) atoms. The number of ether oxygens (including phenoxy) is 1. The number of hydrogen-bond donors (Lipinski definition) is 0. The van der Waals surface area contributed by atoms with Gasteiger partial charge in [0.15, 0.2) is 5.60 Å². The lowest BCUT2D eigenvalue weighted by Gasteiger charge is -2.30. The molecule has 0 aromatic rings. The summed E-state index contributed by atoms with van der Waals surface area (Å²) >= 11 is 0. The van der Waals surface area contributed by atoms with Crippen LogP contribution in [0, 0.1) is 11.3 Å². The van der Waals surface area contributed by atoms with E-state index >= 15 is 0 Å². The van der Waals surface area contributed by atoms with Crippen molar-refractivity contribution in [3.63, 3.8) is 0 Å². The van der Waals surface area contributed by atoms with Gasteiger partial charge in [-0.25, -0.2) is 0 Å². The molecule has 0 aromatic heterocycles. The maximum atomic E-state index is 11.3. The summed E-state index contributed by atoms with van der Waals surface area (Å²) in [5.74, 6) is -0.810. The predicted octanol–water partition coefficient (Wildman–Crippen LogP) is 1.74. The Bertz CT molecular complexity index is 297. The van der Waals surface area contributed by atoms with Crippen LogP contribution < -0.4 is 0 Å². The molecule has 4 heteroatoms. The number of esters is 1. The van der Waals surface area contributed by atoms with Crippen molar-refractivity contribution < 1.29 is 14.3 Å². The highest BCUT2D eigenvalue weighted by molar-refractivity contribution is 5.94. The van der Waals surface area contributed by atoms with E-state index in [-0.39, 0.29) is 12.2 Å².